The van der Waals surface area contributed by atoms with E-state index in [1.165, 1.54) is 12.1 Å². The molecular formula is C26H24Cl2N2O5. The van der Waals surface area contributed by atoms with Gasteiger partial charge in [0.2, 0.25) is 11.8 Å². The number of ether oxygens (including phenoxy) is 1. The summed E-state index contributed by atoms with van der Waals surface area (Å²) in [4.78, 5) is 52.4. The number of esters is 1. The van der Waals surface area contributed by atoms with Gasteiger partial charge < -0.3 is 10.1 Å². The molecule has 182 valence electrons. The van der Waals surface area contributed by atoms with E-state index in [4.69, 9.17) is 27.9 Å². The van der Waals surface area contributed by atoms with Gasteiger partial charge in [-0.15, -0.1) is 23.2 Å². The lowest BCUT2D eigenvalue weighted by Crippen LogP contribution is -2.37. The number of benzene rings is 2. The summed E-state index contributed by atoms with van der Waals surface area (Å²) in [5.74, 6) is -2.98. The number of imide groups is 1. The average molecular weight is 515 g/mol. The Kier molecular flexibility index (Phi) is 6.32. The van der Waals surface area contributed by atoms with Crippen LogP contribution in [0.2, 0.25) is 0 Å². The number of nitrogens with zero attached hydrogens (tertiary/aromatic N) is 1. The third kappa shape index (κ3) is 4.10. The zero-order valence-corrected chi connectivity index (χ0v) is 20.4. The van der Waals surface area contributed by atoms with E-state index in [2.05, 4.69) is 5.32 Å². The van der Waals surface area contributed by atoms with Crippen molar-refractivity contribution in [2.24, 2.45) is 23.7 Å². The lowest BCUT2D eigenvalue weighted by molar-refractivity contribution is -0.125. The Bertz CT molecular complexity index is 1160. The second-order valence-electron chi connectivity index (χ2n) is 9.34. The summed E-state index contributed by atoms with van der Waals surface area (Å²) in [6.45, 7) is 1.38. The molecule has 2 aliphatic carbocycles. The van der Waals surface area contributed by atoms with Crippen LogP contribution in [0, 0.1) is 23.7 Å². The van der Waals surface area contributed by atoms with Crippen LogP contribution in [0.5, 0.6) is 0 Å². The predicted octanol–water partition coefficient (Wildman–Crippen LogP) is 3.69. The smallest absolute Gasteiger partial charge is 0.338 e. The second-order valence-corrected chi connectivity index (χ2v) is 10.3. The minimum absolute atomic E-state index is 0.124. The zero-order chi connectivity index (χ0) is 24.9. The highest BCUT2D eigenvalue weighted by Gasteiger charge is 2.66. The van der Waals surface area contributed by atoms with Gasteiger partial charge in [-0.3, -0.25) is 19.3 Å². The molecule has 5 rings (SSSR count). The molecule has 0 radical (unpaired) electrons. The number of nitrogens with one attached hydrogen (secondary N) is 1. The first-order valence-corrected chi connectivity index (χ1v) is 12.4. The zero-order valence-electron chi connectivity index (χ0n) is 18.9. The summed E-state index contributed by atoms with van der Waals surface area (Å²) in [5, 5.41) is 2.11. The first-order valence-electron chi connectivity index (χ1n) is 11.6. The molecule has 3 aliphatic rings. The Morgan fingerprint density at radius 3 is 2.26 bits per heavy atom. The van der Waals surface area contributed by atoms with Gasteiger partial charge in [0, 0.05) is 0 Å². The Morgan fingerprint density at radius 2 is 1.63 bits per heavy atom. The summed E-state index contributed by atoms with van der Waals surface area (Å²) in [7, 11) is 0. The molecule has 0 aromatic heterocycles. The number of carbonyl (C=O) groups is 4. The van der Waals surface area contributed by atoms with Crippen LogP contribution in [0.4, 0.5) is 5.69 Å². The molecule has 0 spiro atoms. The molecule has 0 unspecified atom stereocenters. The minimum Gasteiger partial charge on any atom is -0.452 e. The summed E-state index contributed by atoms with van der Waals surface area (Å²) < 4.78 is 5.17. The number of hydrogen-bond donors (Lipinski definition) is 1. The number of fused-ring (bicyclic) bond motifs is 5. The third-order valence-corrected chi connectivity index (χ3v) is 8.66. The van der Waals surface area contributed by atoms with Gasteiger partial charge in [0.1, 0.15) is 0 Å². The highest BCUT2D eigenvalue weighted by molar-refractivity contribution is 6.32. The summed E-state index contributed by atoms with van der Waals surface area (Å²) >= 11 is 12.8. The fourth-order valence-corrected chi connectivity index (χ4v) is 6.59. The Morgan fingerprint density at radius 1 is 1.00 bits per heavy atom. The molecule has 35 heavy (non-hydrogen) atoms. The van der Waals surface area contributed by atoms with E-state index in [9.17, 15) is 19.2 Å². The molecule has 2 bridgehead atoms. The molecule has 7 atom stereocenters. The van der Waals surface area contributed by atoms with E-state index >= 15 is 0 Å². The number of alkyl halides is 2. The first kappa shape index (κ1) is 23.8. The molecule has 7 nitrogen and oxygen atoms in total. The lowest BCUT2D eigenvalue weighted by Gasteiger charge is -2.28. The molecule has 1 N–H and O–H groups in total. The standard InChI is InChI=1S/C26H24Cl2N2O5/c1-13(14-6-3-2-4-7-14)29-19(31)12-35-26(34)15-8-5-9-16(10-15)30-24(32)20-17-11-18(21(20)25(30)33)23(28)22(17)27/h2-10,13,17-18,20-23H,11-12H2,1H3,(H,29,31)/t13-,17+,18+,20+,21+,22-,23+/m0/s1. The van der Waals surface area contributed by atoms with Gasteiger partial charge >= 0.3 is 5.97 Å². The van der Waals surface area contributed by atoms with Crippen molar-refractivity contribution in [3.8, 4) is 0 Å². The lowest BCUT2D eigenvalue weighted by atomic mass is 9.80. The normalized spacial score (nSPS) is 29.7. The highest BCUT2D eigenvalue weighted by Crippen LogP contribution is 2.59. The highest BCUT2D eigenvalue weighted by atomic mass is 35.5. The number of anilines is 1. The van der Waals surface area contributed by atoms with Crippen molar-refractivity contribution in [2.45, 2.75) is 30.1 Å². The van der Waals surface area contributed by atoms with Crippen molar-refractivity contribution in [2.75, 3.05) is 11.5 Å². The van der Waals surface area contributed by atoms with Gasteiger partial charge in [0.15, 0.2) is 6.61 Å². The summed E-state index contributed by atoms with van der Waals surface area (Å²) in [6.07, 6.45) is 0.681. The maximum atomic E-state index is 13.2. The SMILES string of the molecule is C[C@H](NC(=O)COC(=O)c1cccc(N2C(=O)[C@@H]3[C@H]4C[C@@H]([C@@H](Cl)[C@H]4Cl)[C@H]3C2=O)c1)c1ccccc1. The maximum Gasteiger partial charge on any atom is 0.338 e. The number of hydrogen-bond acceptors (Lipinski definition) is 5. The van der Waals surface area contributed by atoms with Gasteiger partial charge in [0.05, 0.1) is 39.9 Å². The van der Waals surface area contributed by atoms with E-state index in [1.54, 1.807) is 12.1 Å². The van der Waals surface area contributed by atoms with E-state index < -0.39 is 30.3 Å². The molecule has 1 saturated heterocycles. The van der Waals surface area contributed by atoms with Crippen molar-refractivity contribution < 1.29 is 23.9 Å². The van der Waals surface area contributed by atoms with Gasteiger partial charge in [-0.1, -0.05) is 36.4 Å². The number of amides is 3. The fraction of sp³-hybridized carbons (Fsp3) is 0.385. The minimum atomic E-state index is -0.727. The Balaban J connectivity index is 1.24. The van der Waals surface area contributed by atoms with Crippen LogP contribution in [0.15, 0.2) is 54.6 Å². The van der Waals surface area contributed by atoms with E-state index in [1.807, 2.05) is 37.3 Å². The first-order chi connectivity index (χ1) is 16.8. The monoisotopic (exact) mass is 514 g/mol. The fourth-order valence-electron chi connectivity index (χ4n) is 5.70. The van der Waals surface area contributed by atoms with Crippen LogP contribution in [0.1, 0.15) is 35.3 Å². The molecule has 1 aliphatic heterocycles. The molecule has 2 aromatic rings. The van der Waals surface area contributed by atoms with E-state index in [0.717, 1.165) is 10.5 Å². The summed E-state index contributed by atoms with van der Waals surface area (Å²) in [5.41, 5.74) is 1.36. The largest absolute Gasteiger partial charge is 0.452 e. The number of halogens is 2. The number of carbonyl (C=O) groups excluding carboxylic acids is 4. The van der Waals surface area contributed by atoms with Gasteiger partial charge in [0.25, 0.3) is 5.91 Å². The van der Waals surface area contributed by atoms with Crippen molar-refractivity contribution in [1.82, 2.24) is 5.32 Å². The third-order valence-electron chi connectivity index (χ3n) is 7.34. The maximum absolute atomic E-state index is 13.2. The quantitative estimate of drug-likeness (QED) is 0.360. The number of rotatable bonds is 6. The average Bonchev–Trinajstić information content (AvgIpc) is 3.47. The topological polar surface area (TPSA) is 92.8 Å². The van der Waals surface area contributed by atoms with Crippen molar-refractivity contribution in [1.29, 1.82) is 0 Å². The molecule has 3 amide bonds. The Labute approximate surface area is 212 Å². The van der Waals surface area contributed by atoms with Gasteiger partial charge in [-0.2, -0.15) is 0 Å². The molecule has 1 heterocycles. The van der Waals surface area contributed by atoms with E-state index in [0.29, 0.717) is 12.1 Å². The van der Waals surface area contributed by atoms with Crippen LogP contribution < -0.4 is 10.2 Å². The van der Waals surface area contributed by atoms with Crippen LogP contribution in [0.3, 0.4) is 0 Å². The van der Waals surface area contributed by atoms with Gasteiger partial charge in [-0.25, -0.2) is 4.79 Å². The van der Waals surface area contributed by atoms with Crippen LogP contribution in [-0.2, 0) is 19.1 Å². The molecule has 2 aromatic carbocycles. The second kappa shape index (κ2) is 9.28. The van der Waals surface area contributed by atoms with Crippen molar-refractivity contribution in [3.05, 3.63) is 65.7 Å². The van der Waals surface area contributed by atoms with Crippen molar-refractivity contribution >= 4 is 52.6 Å². The van der Waals surface area contributed by atoms with Crippen LogP contribution >= 0.6 is 23.2 Å². The van der Waals surface area contributed by atoms with Gasteiger partial charge in [-0.05, 0) is 48.9 Å². The summed E-state index contributed by atoms with van der Waals surface area (Å²) in [6, 6.07) is 15.3. The molecule has 3 fully saturated rings. The molecule has 2 saturated carbocycles. The molecule has 9 heteroatoms. The Hall–Kier alpha value is -2.90. The van der Waals surface area contributed by atoms with Crippen LogP contribution in [-0.4, -0.2) is 41.1 Å². The van der Waals surface area contributed by atoms with Crippen molar-refractivity contribution in [3.63, 3.8) is 0 Å². The van der Waals surface area contributed by atoms with Crippen LogP contribution in [0.25, 0.3) is 0 Å². The van der Waals surface area contributed by atoms with E-state index in [-0.39, 0.29) is 46.0 Å². The predicted molar refractivity (Wildman–Crippen MR) is 130 cm³/mol. The molecular weight excluding hydrogens is 491 g/mol.